The van der Waals surface area contributed by atoms with Crippen molar-refractivity contribution in [2.45, 2.75) is 219 Å². The minimum absolute atomic E-state index is 0. The van der Waals surface area contributed by atoms with Gasteiger partial charge in [-0.1, -0.05) is 158 Å². The second kappa shape index (κ2) is 157. The topological polar surface area (TPSA) is 46.2 Å². The van der Waals surface area contributed by atoms with Gasteiger partial charge in [0.2, 0.25) is 0 Å². The van der Waals surface area contributed by atoms with E-state index in [1.54, 1.807) is 0 Å². The van der Waals surface area contributed by atoms with Crippen LogP contribution in [0.3, 0.4) is 0 Å². The Labute approximate surface area is 294 Å². The summed E-state index contributed by atoms with van der Waals surface area (Å²) in [4.78, 5) is 0. The first kappa shape index (κ1) is 130. The average Bonchev–Trinajstić information content (AvgIpc) is 2.74. The van der Waals surface area contributed by atoms with Crippen molar-refractivity contribution >= 4 is 0 Å². The van der Waals surface area contributed by atoms with Crippen LogP contribution < -0.4 is 0 Å². The summed E-state index contributed by atoms with van der Waals surface area (Å²) >= 11 is 0. The van der Waals surface area contributed by atoms with Gasteiger partial charge >= 0.3 is 0 Å². The molecule has 0 unspecified atom stereocenters. The lowest BCUT2D eigenvalue weighted by molar-refractivity contribution is -0.136. The summed E-state index contributed by atoms with van der Waals surface area (Å²) in [6.45, 7) is 24.9. The van der Waals surface area contributed by atoms with E-state index >= 15 is 0 Å². The Balaban J connectivity index is -0.0000000102. The van der Waals surface area contributed by atoms with E-state index in [0.29, 0.717) is 0 Å². The minimum atomic E-state index is 0. The Morgan fingerprint density at radius 3 is 0.705 bits per heavy atom. The molecular weight excluding hydrogens is 548 g/mol. The standard InChI is InChI=1S/2C7H16O2.C6H14.C4H10O.15CH4/c1-4-7(8-5-2)9-6-3;1-3-8-6-5-7-9-4-2;1-3-5-6-4-2;1-3-5-4-2;;;;;;;;;;;;;;;/h7H,4-6H2,1-3H3;3-7H2,1-2H3;3-6H2,1-2H3;3-4H2,1-2H3;15*1H4. The molecule has 0 aromatic rings. The van der Waals surface area contributed by atoms with Gasteiger partial charge in [-0.15, -0.1) is 0 Å². The highest BCUT2D eigenvalue weighted by atomic mass is 16.7. The first-order valence-corrected chi connectivity index (χ1v) is 12.1. The molecule has 0 aliphatic rings. The van der Waals surface area contributed by atoms with Crippen molar-refractivity contribution in [3.05, 3.63) is 0 Å². The van der Waals surface area contributed by atoms with Crippen LogP contribution in [-0.2, 0) is 23.7 Å². The monoisotopic (exact) mass is 665 g/mol. The van der Waals surface area contributed by atoms with Crippen LogP contribution in [0.2, 0.25) is 0 Å². The number of hydrogen-bond donors (Lipinski definition) is 0. The molecule has 0 aliphatic heterocycles. The molecule has 0 N–H and O–H groups in total. The van der Waals surface area contributed by atoms with Crippen LogP contribution in [0.5, 0.6) is 0 Å². The molecular formula is C39H116O5. The molecule has 0 rings (SSSR count). The summed E-state index contributed by atoms with van der Waals surface area (Å²) in [6, 6.07) is 0. The van der Waals surface area contributed by atoms with Gasteiger partial charge in [0.05, 0.1) is 0 Å². The molecule has 0 bridgehead atoms. The van der Waals surface area contributed by atoms with Crippen LogP contribution in [0, 0.1) is 0 Å². The van der Waals surface area contributed by atoms with Crippen molar-refractivity contribution in [1.82, 2.24) is 0 Å². The maximum absolute atomic E-state index is 5.21. The SMILES string of the molecule is C.C.C.C.C.C.C.C.C.C.C.C.C.C.C.CCCCCC.CCOC(CC)OCC.CCOCC.CCOCCCOCC. The molecule has 0 amide bonds. The molecule has 0 fully saturated rings. The van der Waals surface area contributed by atoms with Gasteiger partial charge in [0.1, 0.15) is 0 Å². The minimum Gasteiger partial charge on any atom is -0.382 e. The zero-order valence-corrected chi connectivity index (χ0v) is 21.5. The second-order valence-electron chi connectivity index (χ2n) is 5.98. The van der Waals surface area contributed by atoms with Gasteiger partial charge in [-0.2, -0.15) is 0 Å². The lowest BCUT2D eigenvalue weighted by atomic mass is 10.2. The molecule has 0 saturated carbocycles. The van der Waals surface area contributed by atoms with E-state index in [-0.39, 0.29) is 118 Å². The van der Waals surface area contributed by atoms with Gasteiger partial charge in [-0.25, -0.2) is 0 Å². The first-order chi connectivity index (χ1) is 14.1. The van der Waals surface area contributed by atoms with E-state index in [0.717, 1.165) is 65.7 Å². The van der Waals surface area contributed by atoms with Gasteiger partial charge in [0.15, 0.2) is 6.29 Å². The van der Waals surface area contributed by atoms with E-state index in [2.05, 4.69) is 20.8 Å². The van der Waals surface area contributed by atoms with E-state index < -0.39 is 0 Å². The zero-order chi connectivity index (χ0) is 23.0. The molecule has 0 aromatic heterocycles. The quantitative estimate of drug-likeness (QED) is 0.121. The Morgan fingerprint density at radius 1 is 0.318 bits per heavy atom. The Kier molecular flexibility index (Phi) is 467. The van der Waals surface area contributed by atoms with Crippen LogP contribution in [0.15, 0.2) is 0 Å². The normalized spacial score (nSPS) is 6.41. The van der Waals surface area contributed by atoms with Crippen molar-refractivity contribution in [2.24, 2.45) is 0 Å². The molecule has 5 nitrogen and oxygen atoms in total. The van der Waals surface area contributed by atoms with E-state index in [9.17, 15) is 0 Å². The molecule has 0 aromatic carbocycles. The largest absolute Gasteiger partial charge is 0.382 e. The van der Waals surface area contributed by atoms with Crippen molar-refractivity contribution in [1.29, 1.82) is 0 Å². The average molecular weight is 665 g/mol. The number of hydrogen-bond acceptors (Lipinski definition) is 5. The highest BCUT2D eigenvalue weighted by Gasteiger charge is 2.01. The molecule has 0 spiro atoms. The summed E-state index contributed by atoms with van der Waals surface area (Å²) in [5.74, 6) is 0. The Hall–Kier alpha value is -0.200. The summed E-state index contributed by atoms with van der Waals surface area (Å²) < 4.78 is 25.5. The molecule has 0 heterocycles. The molecule has 0 atom stereocenters. The lowest BCUT2D eigenvalue weighted by Gasteiger charge is -2.13. The number of rotatable bonds is 16. The van der Waals surface area contributed by atoms with Gasteiger partial charge in [-0.3, -0.25) is 0 Å². The maximum atomic E-state index is 5.21. The third kappa shape index (κ3) is 197. The first-order valence-electron chi connectivity index (χ1n) is 12.1. The molecule has 0 saturated heterocycles. The van der Waals surface area contributed by atoms with E-state index in [1.165, 1.54) is 25.7 Å². The highest BCUT2D eigenvalue weighted by molar-refractivity contribution is 4.36. The second-order valence-corrected chi connectivity index (χ2v) is 5.98. The molecule has 5 heteroatoms. The molecule has 302 valence electrons. The summed E-state index contributed by atoms with van der Waals surface area (Å²) in [5.41, 5.74) is 0. The van der Waals surface area contributed by atoms with Gasteiger partial charge < -0.3 is 23.7 Å². The van der Waals surface area contributed by atoms with E-state index in [4.69, 9.17) is 23.7 Å². The summed E-state index contributed by atoms with van der Waals surface area (Å²) in [6.07, 6.45) is 7.50. The van der Waals surface area contributed by atoms with Crippen molar-refractivity contribution in [3.63, 3.8) is 0 Å². The van der Waals surface area contributed by atoms with Crippen LogP contribution in [0.25, 0.3) is 0 Å². The van der Waals surface area contributed by atoms with Gasteiger partial charge in [0, 0.05) is 52.9 Å². The summed E-state index contributed by atoms with van der Waals surface area (Å²) in [5, 5.41) is 0. The third-order valence-corrected chi connectivity index (χ3v) is 3.39. The third-order valence-electron chi connectivity index (χ3n) is 3.39. The number of unbranched alkanes of at least 4 members (excludes halogenated alkanes) is 3. The van der Waals surface area contributed by atoms with Crippen molar-refractivity contribution in [2.75, 3.05) is 52.9 Å². The smallest absolute Gasteiger partial charge is 0.157 e. The van der Waals surface area contributed by atoms with Crippen LogP contribution in [0.4, 0.5) is 0 Å². The van der Waals surface area contributed by atoms with Crippen LogP contribution in [0.1, 0.15) is 212 Å². The van der Waals surface area contributed by atoms with E-state index in [1.807, 2.05) is 41.5 Å². The Bertz CT molecular complexity index is 201. The van der Waals surface area contributed by atoms with Gasteiger partial charge in [0.25, 0.3) is 0 Å². The molecule has 0 aliphatic carbocycles. The predicted molar refractivity (Wildman–Crippen MR) is 228 cm³/mol. The fourth-order valence-electron chi connectivity index (χ4n) is 1.91. The fourth-order valence-corrected chi connectivity index (χ4v) is 1.91. The predicted octanol–water partition coefficient (Wildman–Crippen LogP) is 16.4. The Morgan fingerprint density at radius 2 is 0.568 bits per heavy atom. The highest BCUT2D eigenvalue weighted by Crippen LogP contribution is 1.98. The zero-order valence-electron chi connectivity index (χ0n) is 21.5. The number of ether oxygens (including phenoxy) is 5. The molecule has 0 radical (unpaired) electrons. The lowest BCUT2D eigenvalue weighted by Crippen LogP contribution is -2.15. The fraction of sp³-hybridized carbons (Fsp3) is 1.00. The van der Waals surface area contributed by atoms with Crippen LogP contribution in [-0.4, -0.2) is 59.1 Å². The van der Waals surface area contributed by atoms with Crippen LogP contribution >= 0.6 is 0 Å². The summed E-state index contributed by atoms with van der Waals surface area (Å²) in [7, 11) is 0. The van der Waals surface area contributed by atoms with Crippen molar-refractivity contribution < 1.29 is 23.7 Å². The molecule has 44 heavy (non-hydrogen) atoms. The van der Waals surface area contributed by atoms with Gasteiger partial charge in [-0.05, 0) is 54.4 Å². The van der Waals surface area contributed by atoms with Crippen molar-refractivity contribution in [3.8, 4) is 0 Å². The maximum Gasteiger partial charge on any atom is 0.157 e.